The van der Waals surface area contributed by atoms with Crippen LogP contribution < -0.4 is 0 Å². The highest BCUT2D eigenvalue weighted by atomic mass is 35.5. The summed E-state index contributed by atoms with van der Waals surface area (Å²) in [6, 6.07) is 0. The Morgan fingerprint density at radius 2 is 1.31 bits per heavy atom. The molecule has 1 N–H and O–H groups in total. The van der Waals surface area contributed by atoms with E-state index in [1.165, 1.54) is 0 Å². The molecular weight excluding hydrogens is 230 g/mol. The quantitative estimate of drug-likeness (QED) is 0.791. The first-order valence-electron chi connectivity index (χ1n) is 3.74. The van der Waals surface area contributed by atoms with Gasteiger partial charge in [0.25, 0.3) is 0 Å². The van der Waals surface area contributed by atoms with Crippen molar-refractivity contribution in [2.45, 2.75) is 20.5 Å². The molecule has 0 saturated carbocycles. The molecule has 1 aromatic carbocycles. The molecule has 0 bridgehead atoms. The van der Waals surface area contributed by atoms with Gasteiger partial charge in [-0.05, 0) is 25.0 Å². The van der Waals surface area contributed by atoms with E-state index in [1.54, 1.807) is 13.8 Å². The molecule has 0 aliphatic rings. The molecule has 0 aromatic heterocycles. The molecule has 0 heterocycles. The lowest BCUT2D eigenvalue weighted by Gasteiger charge is -2.12. The predicted molar refractivity (Wildman–Crippen MR) is 56.9 cm³/mol. The van der Waals surface area contributed by atoms with Crippen LogP contribution in [0.15, 0.2) is 0 Å². The van der Waals surface area contributed by atoms with Crippen molar-refractivity contribution >= 4 is 34.8 Å². The molecule has 1 nitrogen and oxygen atoms in total. The summed E-state index contributed by atoms with van der Waals surface area (Å²) < 4.78 is 0. The van der Waals surface area contributed by atoms with E-state index in [1.807, 2.05) is 0 Å². The van der Waals surface area contributed by atoms with E-state index in [9.17, 15) is 0 Å². The van der Waals surface area contributed by atoms with Crippen LogP contribution in [0.5, 0.6) is 0 Å². The SMILES string of the molecule is Cc1c(Cl)c(C)c(Cl)c(CO)c1Cl. The Hall–Kier alpha value is 0.0500. The molecule has 1 aromatic rings. The van der Waals surface area contributed by atoms with Crippen LogP contribution in [0, 0.1) is 13.8 Å². The van der Waals surface area contributed by atoms with Gasteiger partial charge in [-0.15, -0.1) is 0 Å². The molecule has 0 aliphatic heterocycles. The molecule has 1 rings (SSSR count). The van der Waals surface area contributed by atoms with Gasteiger partial charge in [-0.3, -0.25) is 0 Å². The maximum atomic E-state index is 9.03. The number of halogens is 3. The van der Waals surface area contributed by atoms with Crippen molar-refractivity contribution in [1.29, 1.82) is 0 Å². The van der Waals surface area contributed by atoms with Gasteiger partial charge < -0.3 is 5.11 Å². The van der Waals surface area contributed by atoms with E-state index in [0.717, 1.165) is 11.1 Å². The molecule has 0 saturated heterocycles. The van der Waals surface area contributed by atoms with Crippen molar-refractivity contribution in [2.24, 2.45) is 0 Å². The van der Waals surface area contributed by atoms with Crippen molar-refractivity contribution < 1.29 is 5.11 Å². The van der Waals surface area contributed by atoms with Gasteiger partial charge in [-0.1, -0.05) is 34.8 Å². The van der Waals surface area contributed by atoms with E-state index in [4.69, 9.17) is 39.9 Å². The predicted octanol–water partition coefficient (Wildman–Crippen LogP) is 3.76. The summed E-state index contributed by atoms with van der Waals surface area (Å²) >= 11 is 17.9. The zero-order chi connectivity index (χ0) is 10.2. The highest BCUT2D eigenvalue weighted by Crippen LogP contribution is 2.37. The molecule has 0 amide bonds. The topological polar surface area (TPSA) is 20.2 Å². The number of benzene rings is 1. The van der Waals surface area contributed by atoms with Gasteiger partial charge in [0.15, 0.2) is 0 Å². The average Bonchev–Trinajstić information content (AvgIpc) is 2.13. The lowest BCUT2D eigenvalue weighted by Crippen LogP contribution is -1.94. The molecule has 0 radical (unpaired) electrons. The summed E-state index contributed by atoms with van der Waals surface area (Å²) in [7, 11) is 0. The summed E-state index contributed by atoms with van der Waals surface area (Å²) in [5.74, 6) is 0. The fourth-order valence-corrected chi connectivity index (χ4v) is 1.99. The van der Waals surface area contributed by atoms with Gasteiger partial charge in [0.1, 0.15) is 0 Å². The monoisotopic (exact) mass is 238 g/mol. The lowest BCUT2D eigenvalue weighted by atomic mass is 10.1. The highest BCUT2D eigenvalue weighted by molar-refractivity contribution is 6.41. The van der Waals surface area contributed by atoms with Crippen LogP contribution >= 0.6 is 34.8 Å². The fourth-order valence-electron chi connectivity index (χ4n) is 1.16. The minimum atomic E-state index is -0.170. The van der Waals surface area contributed by atoms with Gasteiger partial charge in [0, 0.05) is 10.6 Å². The Bertz CT molecular complexity index is 318. The normalized spacial score (nSPS) is 10.6. The van der Waals surface area contributed by atoms with Crippen LogP contribution in [0.3, 0.4) is 0 Å². The fraction of sp³-hybridized carbons (Fsp3) is 0.333. The second-order valence-electron chi connectivity index (χ2n) is 2.83. The van der Waals surface area contributed by atoms with Crippen molar-refractivity contribution in [3.8, 4) is 0 Å². The van der Waals surface area contributed by atoms with E-state index >= 15 is 0 Å². The number of aliphatic hydroxyl groups is 1. The molecule has 13 heavy (non-hydrogen) atoms. The summed E-state index contributed by atoms with van der Waals surface area (Å²) in [5, 5.41) is 10.5. The van der Waals surface area contributed by atoms with E-state index < -0.39 is 0 Å². The summed E-state index contributed by atoms with van der Waals surface area (Å²) in [6.07, 6.45) is 0. The summed E-state index contributed by atoms with van der Waals surface area (Å²) in [6.45, 7) is 3.43. The van der Waals surface area contributed by atoms with Gasteiger partial charge in [-0.25, -0.2) is 0 Å². The molecule has 72 valence electrons. The maximum absolute atomic E-state index is 9.03. The second-order valence-corrected chi connectivity index (χ2v) is 3.96. The standard InChI is InChI=1S/C9H9Cl3O/c1-4-7(10)5(2)9(12)6(3-13)8(4)11/h13H,3H2,1-2H3. The first kappa shape index (κ1) is 11.1. The zero-order valence-corrected chi connectivity index (χ0v) is 9.56. The number of hydrogen-bond donors (Lipinski definition) is 1. The van der Waals surface area contributed by atoms with Crippen LogP contribution in [0.25, 0.3) is 0 Å². The highest BCUT2D eigenvalue weighted by Gasteiger charge is 2.15. The Morgan fingerprint density at radius 3 is 1.62 bits per heavy atom. The number of rotatable bonds is 1. The van der Waals surface area contributed by atoms with Crippen molar-refractivity contribution in [2.75, 3.05) is 0 Å². The largest absolute Gasteiger partial charge is 0.392 e. The van der Waals surface area contributed by atoms with E-state index in [0.29, 0.717) is 20.6 Å². The molecule has 0 atom stereocenters. The lowest BCUT2D eigenvalue weighted by molar-refractivity contribution is 0.282. The number of aliphatic hydroxyl groups excluding tert-OH is 1. The third kappa shape index (κ3) is 1.79. The third-order valence-corrected chi connectivity index (χ3v) is 3.60. The molecule has 4 heteroatoms. The average molecular weight is 240 g/mol. The number of hydrogen-bond acceptors (Lipinski definition) is 1. The Kier molecular flexibility index (Phi) is 3.47. The Balaban J connectivity index is 3.56. The smallest absolute Gasteiger partial charge is 0.0711 e. The van der Waals surface area contributed by atoms with Crippen LogP contribution in [-0.4, -0.2) is 5.11 Å². The molecular formula is C9H9Cl3O. The van der Waals surface area contributed by atoms with Crippen molar-refractivity contribution in [3.05, 3.63) is 31.8 Å². The van der Waals surface area contributed by atoms with E-state index in [-0.39, 0.29) is 6.61 Å². The molecule has 0 aliphatic carbocycles. The van der Waals surface area contributed by atoms with Gasteiger partial charge >= 0.3 is 0 Å². The van der Waals surface area contributed by atoms with Gasteiger partial charge in [0.05, 0.1) is 16.7 Å². The van der Waals surface area contributed by atoms with Crippen LogP contribution in [0.1, 0.15) is 16.7 Å². The minimum Gasteiger partial charge on any atom is -0.392 e. The Labute approximate surface area is 92.2 Å². The summed E-state index contributed by atoms with van der Waals surface area (Å²) in [4.78, 5) is 0. The van der Waals surface area contributed by atoms with Gasteiger partial charge in [-0.2, -0.15) is 0 Å². The van der Waals surface area contributed by atoms with Crippen LogP contribution in [-0.2, 0) is 6.61 Å². The third-order valence-electron chi connectivity index (χ3n) is 2.00. The molecule has 0 fully saturated rings. The van der Waals surface area contributed by atoms with Crippen molar-refractivity contribution in [1.82, 2.24) is 0 Å². The van der Waals surface area contributed by atoms with Gasteiger partial charge in [0.2, 0.25) is 0 Å². The van der Waals surface area contributed by atoms with Crippen LogP contribution in [0.2, 0.25) is 15.1 Å². The van der Waals surface area contributed by atoms with Crippen molar-refractivity contribution in [3.63, 3.8) is 0 Å². The zero-order valence-electron chi connectivity index (χ0n) is 7.29. The molecule has 0 unspecified atom stereocenters. The van der Waals surface area contributed by atoms with Crippen LogP contribution in [0.4, 0.5) is 0 Å². The first-order valence-corrected chi connectivity index (χ1v) is 4.87. The van der Waals surface area contributed by atoms with E-state index in [2.05, 4.69) is 0 Å². The first-order chi connectivity index (χ1) is 6.00. The second kappa shape index (κ2) is 4.05. The molecule has 0 spiro atoms. The Morgan fingerprint density at radius 1 is 0.923 bits per heavy atom. The minimum absolute atomic E-state index is 0.170. The summed E-state index contributed by atoms with van der Waals surface area (Å²) in [5.41, 5.74) is 2.06. The maximum Gasteiger partial charge on any atom is 0.0711 e.